The normalized spacial score (nSPS) is 31.0. The lowest BCUT2D eigenvalue weighted by Gasteiger charge is -2.36. The summed E-state index contributed by atoms with van der Waals surface area (Å²) in [6, 6.07) is 0. The lowest BCUT2D eigenvalue weighted by molar-refractivity contribution is -0.207. The molecule has 5 heteroatoms. The molecule has 118 valence electrons. The zero-order valence-electron chi connectivity index (χ0n) is 12.3. The molecule has 0 amide bonds. The Labute approximate surface area is 121 Å². The van der Waals surface area contributed by atoms with Crippen LogP contribution >= 0.6 is 0 Å². The number of rotatable bonds is 9. The van der Waals surface area contributed by atoms with Crippen LogP contribution < -0.4 is 0 Å². The van der Waals surface area contributed by atoms with Gasteiger partial charge in [0.15, 0.2) is 0 Å². The van der Waals surface area contributed by atoms with Crippen LogP contribution in [0.1, 0.15) is 39.0 Å². The lowest BCUT2D eigenvalue weighted by Crippen LogP contribution is -2.55. The highest BCUT2D eigenvalue weighted by Gasteiger charge is 2.38. The van der Waals surface area contributed by atoms with Gasteiger partial charge in [-0.25, -0.2) is 0 Å². The molecule has 0 unspecified atom stereocenters. The summed E-state index contributed by atoms with van der Waals surface area (Å²) in [7, 11) is 0. The van der Waals surface area contributed by atoms with E-state index in [2.05, 4.69) is 13.0 Å². The molecule has 0 bridgehead atoms. The maximum absolute atomic E-state index is 9.90. The predicted molar refractivity (Wildman–Crippen MR) is 76.5 cm³/mol. The van der Waals surface area contributed by atoms with Gasteiger partial charge in [0.05, 0.1) is 19.8 Å². The monoisotopic (exact) mass is 288 g/mol. The van der Waals surface area contributed by atoms with Crippen LogP contribution in [-0.2, 0) is 9.47 Å². The van der Waals surface area contributed by atoms with E-state index in [4.69, 9.17) is 14.6 Å². The van der Waals surface area contributed by atoms with Crippen LogP contribution in [0.15, 0.2) is 12.2 Å². The summed E-state index contributed by atoms with van der Waals surface area (Å²) in [4.78, 5) is 0. The summed E-state index contributed by atoms with van der Waals surface area (Å²) >= 11 is 0. The topological polar surface area (TPSA) is 79.2 Å². The van der Waals surface area contributed by atoms with E-state index < -0.39 is 24.4 Å². The molecule has 0 spiro atoms. The number of aliphatic hydroxyl groups is 3. The third-order valence-electron chi connectivity index (χ3n) is 3.53. The van der Waals surface area contributed by atoms with Crippen molar-refractivity contribution in [2.75, 3.05) is 19.8 Å². The SMILES string of the molecule is CCCCCC/C=C/CO[C@@H]1[C@@H](O)[C@H](CO)OC[C@H]1O. The average molecular weight is 288 g/mol. The van der Waals surface area contributed by atoms with E-state index in [1.54, 1.807) is 0 Å². The fourth-order valence-corrected chi connectivity index (χ4v) is 2.27. The van der Waals surface area contributed by atoms with Gasteiger partial charge in [-0.05, 0) is 12.8 Å². The van der Waals surface area contributed by atoms with Crippen molar-refractivity contribution in [1.29, 1.82) is 0 Å². The van der Waals surface area contributed by atoms with Gasteiger partial charge in [0.2, 0.25) is 0 Å². The first-order chi connectivity index (χ1) is 9.70. The minimum atomic E-state index is -0.998. The molecule has 1 saturated heterocycles. The van der Waals surface area contributed by atoms with Crippen molar-refractivity contribution >= 4 is 0 Å². The molecule has 20 heavy (non-hydrogen) atoms. The Balaban J connectivity index is 2.20. The number of hydrogen-bond donors (Lipinski definition) is 3. The van der Waals surface area contributed by atoms with Crippen LogP contribution in [0.5, 0.6) is 0 Å². The van der Waals surface area contributed by atoms with E-state index in [0.717, 1.165) is 6.42 Å². The molecule has 0 aromatic rings. The Morgan fingerprint density at radius 2 is 2.00 bits per heavy atom. The first-order valence-electron chi connectivity index (χ1n) is 7.55. The quantitative estimate of drug-likeness (QED) is 0.436. The summed E-state index contributed by atoms with van der Waals surface area (Å²) < 4.78 is 10.6. The van der Waals surface area contributed by atoms with Crippen LogP contribution in [0, 0.1) is 0 Å². The second kappa shape index (κ2) is 10.3. The smallest absolute Gasteiger partial charge is 0.114 e. The second-order valence-electron chi connectivity index (χ2n) is 5.23. The molecule has 4 atom stereocenters. The Morgan fingerprint density at radius 3 is 2.70 bits per heavy atom. The predicted octanol–water partition coefficient (Wildman–Crippen LogP) is 1.01. The molecule has 1 heterocycles. The van der Waals surface area contributed by atoms with Crippen molar-refractivity contribution in [2.24, 2.45) is 0 Å². The molecule has 1 fully saturated rings. The summed E-state index contributed by atoms with van der Waals surface area (Å²) in [5, 5.41) is 28.7. The van der Waals surface area contributed by atoms with Crippen molar-refractivity contribution in [3.63, 3.8) is 0 Å². The van der Waals surface area contributed by atoms with E-state index >= 15 is 0 Å². The molecule has 0 radical (unpaired) electrons. The molecular formula is C15H28O5. The van der Waals surface area contributed by atoms with Gasteiger partial charge in [-0.15, -0.1) is 0 Å². The minimum Gasteiger partial charge on any atom is -0.394 e. The average Bonchev–Trinajstić information content (AvgIpc) is 2.45. The number of allylic oxidation sites excluding steroid dienone is 1. The van der Waals surface area contributed by atoms with Gasteiger partial charge in [0, 0.05) is 0 Å². The third-order valence-corrected chi connectivity index (χ3v) is 3.53. The summed E-state index contributed by atoms with van der Waals surface area (Å²) in [5.41, 5.74) is 0. The molecule has 1 aliphatic rings. The van der Waals surface area contributed by atoms with Crippen molar-refractivity contribution in [3.8, 4) is 0 Å². The Morgan fingerprint density at radius 1 is 1.20 bits per heavy atom. The van der Waals surface area contributed by atoms with Gasteiger partial charge in [0.1, 0.15) is 24.4 Å². The zero-order chi connectivity index (χ0) is 14.8. The fraction of sp³-hybridized carbons (Fsp3) is 0.867. The van der Waals surface area contributed by atoms with E-state index in [-0.39, 0.29) is 13.2 Å². The van der Waals surface area contributed by atoms with Crippen LogP contribution in [0.25, 0.3) is 0 Å². The van der Waals surface area contributed by atoms with Gasteiger partial charge < -0.3 is 24.8 Å². The van der Waals surface area contributed by atoms with Crippen LogP contribution in [0.4, 0.5) is 0 Å². The van der Waals surface area contributed by atoms with E-state index in [1.165, 1.54) is 25.7 Å². The maximum atomic E-state index is 9.90. The Bertz CT molecular complexity index is 269. The molecule has 5 nitrogen and oxygen atoms in total. The van der Waals surface area contributed by atoms with Crippen LogP contribution in [-0.4, -0.2) is 59.6 Å². The molecule has 0 aromatic carbocycles. The number of aliphatic hydroxyl groups excluding tert-OH is 3. The third kappa shape index (κ3) is 5.89. The Hall–Kier alpha value is -0.460. The standard InChI is InChI=1S/C15H28O5/c1-2-3-4-5-6-7-8-9-19-15-12(17)11-20-13(10-16)14(15)18/h7-8,12-18H,2-6,9-11H2,1H3/b8-7+/t12-,13+,14+,15+/m1/s1. The second-order valence-corrected chi connectivity index (χ2v) is 5.23. The highest BCUT2D eigenvalue weighted by Crippen LogP contribution is 2.18. The Kier molecular flexibility index (Phi) is 9.05. The summed E-state index contributed by atoms with van der Waals surface area (Å²) in [6.07, 6.45) is 6.70. The highest BCUT2D eigenvalue weighted by molar-refractivity contribution is 4.89. The van der Waals surface area contributed by atoms with Crippen molar-refractivity contribution in [3.05, 3.63) is 12.2 Å². The largest absolute Gasteiger partial charge is 0.394 e. The number of unbranched alkanes of at least 4 members (excludes halogenated alkanes) is 4. The molecule has 0 aliphatic carbocycles. The first kappa shape index (κ1) is 17.6. The van der Waals surface area contributed by atoms with E-state index in [0.29, 0.717) is 6.61 Å². The van der Waals surface area contributed by atoms with Gasteiger partial charge >= 0.3 is 0 Å². The summed E-state index contributed by atoms with van der Waals surface area (Å²) in [6.45, 7) is 2.34. The van der Waals surface area contributed by atoms with Crippen LogP contribution in [0.3, 0.4) is 0 Å². The van der Waals surface area contributed by atoms with Crippen LogP contribution in [0.2, 0.25) is 0 Å². The van der Waals surface area contributed by atoms with Crippen molar-refractivity contribution in [1.82, 2.24) is 0 Å². The summed E-state index contributed by atoms with van der Waals surface area (Å²) in [5.74, 6) is 0. The van der Waals surface area contributed by atoms with E-state index in [9.17, 15) is 10.2 Å². The minimum absolute atomic E-state index is 0.0771. The maximum Gasteiger partial charge on any atom is 0.114 e. The lowest BCUT2D eigenvalue weighted by atomic mass is 10.0. The zero-order valence-corrected chi connectivity index (χ0v) is 12.3. The highest BCUT2D eigenvalue weighted by atomic mass is 16.6. The first-order valence-corrected chi connectivity index (χ1v) is 7.55. The van der Waals surface area contributed by atoms with Gasteiger partial charge in [-0.3, -0.25) is 0 Å². The van der Waals surface area contributed by atoms with Gasteiger partial charge in [-0.1, -0.05) is 38.3 Å². The molecule has 0 saturated carbocycles. The molecular weight excluding hydrogens is 260 g/mol. The van der Waals surface area contributed by atoms with Crippen molar-refractivity contribution < 1.29 is 24.8 Å². The van der Waals surface area contributed by atoms with Gasteiger partial charge in [-0.2, -0.15) is 0 Å². The van der Waals surface area contributed by atoms with Crippen molar-refractivity contribution in [2.45, 2.75) is 63.4 Å². The van der Waals surface area contributed by atoms with Gasteiger partial charge in [0.25, 0.3) is 0 Å². The molecule has 1 rings (SSSR count). The van der Waals surface area contributed by atoms with E-state index in [1.807, 2.05) is 6.08 Å². The molecule has 0 aromatic heterocycles. The number of hydrogen-bond acceptors (Lipinski definition) is 5. The fourth-order valence-electron chi connectivity index (χ4n) is 2.27. The number of ether oxygens (including phenoxy) is 2. The molecule has 3 N–H and O–H groups in total. The molecule has 1 aliphatic heterocycles.